The first kappa shape index (κ1) is 33.9. The van der Waals surface area contributed by atoms with Crippen LogP contribution in [0.1, 0.15) is 6.92 Å². The Kier molecular flexibility index (Phi) is 8.27. The maximum atomic E-state index is 12.0. The molecule has 0 fully saturated rings. The van der Waals surface area contributed by atoms with E-state index in [1.54, 1.807) is 19.1 Å². The van der Waals surface area contributed by atoms with E-state index in [0.717, 1.165) is 94.3 Å². The molecule has 0 saturated heterocycles. The molecule has 0 spiro atoms. The van der Waals surface area contributed by atoms with Gasteiger partial charge in [0.25, 0.3) is 0 Å². The van der Waals surface area contributed by atoms with Crippen LogP contribution < -0.4 is 9.64 Å². The number of hydrogen-bond acceptors (Lipinski definition) is 5. The molecule has 0 saturated carbocycles. The van der Waals surface area contributed by atoms with Gasteiger partial charge in [0.15, 0.2) is 0 Å². The van der Waals surface area contributed by atoms with Gasteiger partial charge in [-0.05, 0) is 89.8 Å². The molecule has 0 atom stereocenters. The summed E-state index contributed by atoms with van der Waals surface area (Å²) in [6.45, 7) is 5.30. The van der Waals surface area contributed by atoms with Crippen molar-refractivity contribution in [2.45, 2.75) is 6.92 Å². The van der Waals surface area contributed by atoms with Crippen LogP contribution in [0.25, 0.3) is 77.3 Å². The first-order valence-corrected chi connectivity index (χ1v) is 18.9. The molecule has 0 unspecified atom stereocenters. The summed E-state index contributed by atoms with van der Waals surface area (Å²) < 4.78 is 18.2. The lowest BCUT2D eigenvalue weighted by Crippen LogP contribution is -2.09. The van der Waals surface area contributed by atoms with Crippen molar-refractivity contribution in [1.82, 2.24) is 0 Å². The van der Waals surface area contributed by atoms with Gasteiger partial charge in [0, 0.05) is 55.3 Å². The Morgan fingerprint density at radius 2 is 0.842 bits per heavy atom. The van der Waals surface area contributed by atoms with Crippen LogP contribution in [0, 0.1) is 0 Å². The Bertz CT molecular complexity index is 2960. The molecule has 8 aromatic carbocycles. The number of rotatable bonds is 8. The van der Waals surface area contributed by atoms with Crippen molar-refractivity contribution in [1.29, 1.82) is 0 Å². The van der Waals surface area contributed by atoms with Crippen molar-refractivity contribution in [2.24, 2.45) is 0 Å². The molecule has 10 rings (SSSR count). The third-order valence-corrected chi connectivity index (χ3v) is 10.6. The molecule has 0 bridgehead atoms. The molecule has 10 aromatic rings. The molecule has 2 heterocycles. The summed E-state index contributed by atoms with van der Waals surface area (Å²) in [5, 5.41) is 4.44. The lowest BCUT2D eigenvalue weighted by atomic mass is 10.0. The van der Waals surface area contributed by atoms with Crippen LogP contribution >= 0.6 is 0 Å². The van der Waals surface area contributed by atoms with Crippen LogP contribution in [-0.2, 0) is 4.79 Å². The number of furan rings is 2. The maximum absolute atomic E-state index is 12.0. The number of hydrogen-bond donors (Lipinski definition) is 0. The summed E-state index contributed by atoms with van der Waals surface area (Å²) >= 11 is 0. The second-order valence-electron chi connectivity index (χ2n) is 14.2. The van der Waals surface area contributed by atoms with Crippen LogP contribution in [0.2, 0.25) is 0 Å². The van der Waals surface area contributed by atoms with Gasteiger partial charge in [0.05, 0.1) is 0 Å². The largest absolute Gasteiger partial charge is 0.455 e. The number of benzene rings is 8. The summed E-state index contributed by atoms with van der Waals surface area (Å²) in [5.41, 5.74) is 13.2. The van der Waals surface area contributed by atoms with Crippen LogP contribution in [0.5, 0.6) is 5.75 Å². The number of nitrogens with zero attached hydrogens (tertiary/aromatic N) is 1. The number of esters is 1. The molecule has 0 amide bonds. The van der Waals surface area contributed by atoms with Gasteiger partial charge in [-0.15, -0.1) is 0 Å². The fourth-order valence-corrected chi connectivity index (χ4v) is 7.69. The van der Waals surface area contributed by atoms with E-state index < -0.39 is 5.97 Å². The standard InChI is InChI=1S/C52H35NO4/c1-33(2)52(54)55-41-31-23-35(24-32-41)34-17-25-38(26-18-34)53(39-27-19-36(20-28-39)42-11-7-13-46-44-9-3-5-15-48(44)56-50(42)46)40-29-21-37(22-30-40)43-12-8-14-47-45-10-4-6-16-49(45)57-51(43)47/h3-32H,1H2,2H3. The van der Waals surface area contributed by atoms with Gasteiger partial charge in [0.2, 0.25) is 0 Å². The van der Waals surface area contributed by atoms with E-state index in [2.05, 4.69) is 133 Å². The van der Waals surface area contributed by atoms with E-state index in [0.29, 0.717) is 11.3 Å². The Labute approximate surface area is 329 Å². The van der Waals surface area contributed by atoms with E-state index in [4.69, 9.17) is 13.6 Å². The number of anilines is 3. The molecule has 0 aliphatic rings. The Morgan fingerprint density at radius 3 is 1.28 bits per heavy atom. The zero-order valence-electron chi connectivity index (χ0n) is 31.1. The quantitative estimate of drug-likeness (QED) is 0.0883. The Hall–Kier alpha value is -7.63. The number of para-hydroxylation sites is 4. The van der Waals surface area contributed by atoms with Crippen molar-refractivity contribution in [3.63, 3.8) is 0 Å². The number of ether oxygens (including phenoxy) is 1. The maximum Gasteiger partial charge on any atom is 0.338 e. The van der Waals surface area contributed by atoms with Gasteiger partial charge in [-0.1, -0.05) is 128 Å². The minimum absolute atomic E-state index is 0.357. The second kappa shape index (κ2) is 13.9. The van der Waals surface area contributed by atoms with Crippen LogP contribution in [0.4, 0.5) is 17.1 Å². The SMILES string of the molecule is C=C(C)C(=O)Oc1ccc(-c2ccc(N(c3ccc(-c4cccc5c4oc4ccccc45)cc3)c3ccc(-c4cccc5c4oc4ccccc45)cc3)cc2)cc1. The van der Waals surface area contributed by atoms with Gasteiger partial charge < -0.3 is 18.5 Å². The normalized spacial score (nSPS) is 11.4. The van der Waals surface area contributed by atoms with Gasteiger partial charge in [-0.2, -0.15) is 0 Å². The Morgan fingerprint density at radius 1 is 0.456 bits per heavy atom. The predicted octanol–water partition coefficient (Wildman–Crippen LogP) is 14.4. The van der Waals surface area contributed by atoms with Crippen LogP contribution in [-0.4, -0.2) is 5.97 Å². The highest BCUT2D eigenvalue weighted by atomic mass is 16.5. The molecule has 0 radical (unpaired) electrons. The summed E-state index contributed by atoms with van der Waals surface area (Å²) in [6, 6.07) is 62.4. The molecule has 272 valence electrons. The molecule has 5 heteroatoms. The molecular formula is C52H35NO4. The number of fused-ring (bicyclic) bond motifs is 6. The third-order valence-electron chi connectivity index (χ3n) is 10.6. The zero-order valence-corrected chi connectivity index (χ0v) is 31.1. The molecule has 0 aliphatic carbocycles. The second-order valence-corrected chi connectivity index (χ2v) is 14.2. The lowest BCUT2D eigenvalue weighted by Gasteiger charge is -2.26. The lowest BCUT2D eigenvalue weighted by molar-refractivity contribution is -0.130. The first-order valence-electron chi connectivity index (χ1n) is 18.9. The van der Waals surface area contributed by atoms with E-state index in [9.17, 15) is 4.79 Å². The van der Waals surface area contributed by atoms with Gasteiger partial charge in [0.1, 0.15) is 28.1 Å². The van der Waals surface area contributed by atoms with E-state index in [-0.39, 0.29) is 0 Å². The van der Waals surface area contributed by atoms with Crippen LogP contribution in [0.3, 0.4) is 0 Å². The smallest absolute Gasteiger partial charge is 0.338 e. The molecule has 0 N–H and O–H groups in total. The summed E-state index contributed by atoms with van der Waals surface area (Å²) in [6.07, 6.45) is 0. The fourth-order valence-electron chi connectivity index (χ4n) is 7.69. The molecule has 0 aliphatic heterocycles. The number of carbonyl (C=O) groups is 1. The van der Waals surface area contributed by atoms with Crippen molar-refractivity contribution < 1.29 is 18.4 Å². The zero-order chi connectivity index (χ0) is 38.5. The molecule has 57 heavy (non-hydrogen) atoms. The predicted molar refractivity (Wildman–Crippen MR) is 232 cm³/mol. The monoisotopic (exact) mass is 737 g/mol. The molecule has 2 aromatic heterocycles. The van der Waals surface area contributed by atoms with Crippen molar-refractivity contribution >= 4 is 66.9 Å². The van der Waals surface area contributed by atoms with E-state index in [1.165, 1.54) is 0 Å². The average molecular weight is 738 g/mol. The van der Waals surface area contributed by atoms with Gasteiger partial charge in [-0.25, -0.2) is 4.79 Å². The van der Waals surface area contributed by atoms with Crippen molar-refractivity contribution in [3.8, 4) is 39.1 Å². The van der Waals surface area contributed by atoms with Gasteiger partial charge in [-0.3, -0.25) is 0 Å². The van der Waals surface area contributed by atoms with E-state index in [1.807, 2.05) is 48.5 Å². The average Bonchev–Trinajstić information content (AvgIpc) is 3.84. The topological polar surface area (TPSA) is 55.8 Å². The molecular weight excluding hydrogens is 703 g/mol. The highest BCUT2D eigenvalue weighted by Crippen LogP contribution is 2.41. The van der Waals surface area contributed by atoms with Crippen LogP contribution in [0.15, 0.2) is 203 Å². The highest BCUT2D eigenvalue weighted by molar-refractivity contribution is 6.10. The molecule has 5 nitrogen and oxygen atoms in total. The minimum atomic E-state index is -0.438. The highest BCUT2D eigenvalue weighted by Gasteiger charge is 2.17. The Balaban J connectivity index is 1.02. The summed E-state index contributed by atoms with van der Waals surface area (Å²) in [4.78, 5) is 14.3. The van der Waals surface area contributed by atoms with Crippen molar-refractivity contribution in [2.75, 3.05) is 4.90 Å². The van der Waals surface area contributed by atoms with E-state index >= 15 is 0 Å². The van der Waals surface area contributed by atoms with Crippen molar-refractivity contribution in [3.05, 3.63) is 194 Å². The fraction of sp³-hybridized carbons (Fsp3) is 0.0192. The van der Waals surface area contributed by atoms with Gasteiger partial charge >= 0.3 is 5.97 Å². The first-order chi connectivity index (χ1) is 28.0. The number of carbonyl (C=O) groups excluding carboxylic acids is 1. The minimum Gasteiger partial charge on any atom is -0.455 e. The third kappa shape index (κ3) is 6.12. The summed E-state index contributed by atoms with van der Waals surface area (Å²) in [7, 11) is 0. The summed E-state index contributed by atoms with van der Waals surface area (Å²) in [5.74, 6) is 0.0426.